The molecular formula is C19H27F2IN6. The van der Waals surface area contributed by atoms with Gasteiger partial charge in [0.15, 0.2) is 5.96 Å². The van der Waals surface area contributed by atoms with Gasteiger partial charge in [-0.15, -0.1) is 24.0 Å². The van der Waals surface area contributed by atoms with Crippen LogP contribution in [0, 0.1) is 11.6 Å². The lowest BCUT2D eigenvalue weighted by atomic mass is 10.2. The molecule has 0 bridgehead atoms. The van der Waals surface area contributed by atoms with Crippen molar-refractivity contribution < 1.29 is 8.78 Å². The van der Waals surface area contributed by atoms with Crippen molar-refractivity contribution in [3.8, 4) is 0 Å². The highest BCUT2D eigenvalue weighted by Crippen LogP contribution is 2.26. The number of aliphatic imine (C=N–C) groups is 1. The highest BCUT2D eigenvalue weighted by atomic mass is 127. The summed E-state index contributed by atoms with van der Waals surface area (Å²) in [5.74, 6) is -0.302. The van der Waals surface area contributed by atoms with Crippen molar-refractivity contribution in [3.63, 3.8) is 0 Å². The summed E-state index contributed by atoms with van der Waals surface area (Å²) >= 11 is 0. The van der Waals surface area contributed by atoms with Crippen LogP contribution in [0.1, 0.15) is 19.8 Å². The molecule has 0 aliphatic carbocycles. The summed E-state index contributed by atoms with van der Waals surface area (Å²) in [7, 11) is 0. The van der Waals surface area contributed by atoms with Crippen LogP contribution in [0.4, 0.5) is 14.5 Å². The minimum atomic E-state index is -0.519. The molecule has 2 N–H and O–H groups in total. The molecule has 1 saturated heterocycles. The van der Waals surface area contributed by atoms with Gasteiger partial charge in [-0.05, 0) is 38.0 Å². The van der Waals surface area contributed by atoms with Crippen LogP contribution >= 0.6 is 24.0 Å². The van der Waals surface area contributed by atoms with Gasteiger partial charge in [0.2, 0.25) is 0 Å². The number of aryl methyl sites for hydroxylation is 1. The van der Waals surface area contributed by atoms with E-state index in [-0.39, 0.29) is 35.7 Å². The smallest absolute Gasteiger partial charge is 0.191 e. The first kappa shape index (κ1) is 22.4. The minimum absolute atomic E-state index is 0. The second-order valence-electron chi connectivity index (χ2n) is 6.53. The van der Waals surface area contributed by atoms with Crippen LogP contribution in [0.15, 0.2) is 41.7 Å². The van der Waals surface area contributed by atoms with E-state index in [0.29, 0.717) is 19.6 Å². The van der Waals surface area contributed by atoms with Gasteiger partial charge >= 0.3 is 0 Å². The molecule has 0 amide bonds. The molecule has 6 nitrogen and oxygen atoms in total. The molecule has 9 heteroatoms. The lowest BCUT2D eigenvalue weighted by Crippen LogP contribution is -2.44. The normalized spacial score (nSPS) is 16.8. The Kier molecular flexibility index (Phi) is 8.94. The molecule has 154 valence electrons. The Bertz CT molecular complexity index is 733. The van der Waals surface area contributed by atoms with Gasteiger partial charge in [0, 0.05) is 51.2 Å². The molecule has 1 unspecified atom stereocenters. The summed E-state index contributed by atoms with van der Waals surface area (Å²) in [6, 6.07) is 5.97. The summed E-state index contributed by atoms with van der Waals surface area (Å²) in [4.78, 5) is 6.35. The van der Waals surface area contributed by atoms with Crippen LogP contribution in [0.25, 0.3) is 0 Å². The SMILES string of the molecule is CCNC(=NCCCn1cccn1)NC1CCN(c2c(F)cccc2F)C1.I. The molecule has 0 radical (unpaired) electrons. The van der Waals surface area contributed by atoms with Crippen molar-refractivity contribution in [1.82, 2.24) is 20.4 Å². The maximum Gasteiger partial charge on any atom is 0.191 e. The molecule has 1 aromatic carbocycles. The van der Waals surface area contributed by atoms with Crippen molar-refractivity contribution in [2.24, 2.45) is 4.99 Å². The maximum atomic E-state index is 14.0. The first-order chi connectivity index (χ1) is 13.2. The third kappa shape index (κ3) is 6.05. The van der Waals surface area contributed by atoms with Crippen LogP contribution in [-0.2, 0) is 6.54 Å². The minimum Gasteiger partial charge on any atom is -0.365 e. The Labute approximate surface area is 181 Å². The van der Waals surface area contributed by atoms with E-state index in [9.17, 15) is 8.78 Å². The zero-order valence-corrected chi connectivity index (χ0v) is 18.3. The van der Waals surface area contributed by atoms with E-state index in [1.54, 1.807) is 11.1 Å². The second-order valence-corrected chi connectivity index (χ2v) is 6.53. The van der Waals surface area contributed by atoms with Crippen molar-refractivity contribution in [3.05, 3.63) is 48.3 Å². The number of anilines is 1. The van der Waals surface area contributed by atoms with Crippen molar-refractivity contribution in [1.29, 1.82) is 0 Å². The number of para-hydroxylation sites is 1. The molecule has 1 fully saturated rings. The Balaban J connectivity index is 0.00000280. The molecule has 1 aromatic heterocycles. The quantitative estimate of drug-likeness (QED) is 0.264. The number of hydrogen-bond acceptors (Lipinski definition) is 3. The summed E-state index contributed by atoms with van der Waals surface area (Å²) in [5, 5.41) is 10.8. The molecule has 1 atom stereocenters. The average Bonchev–Trinajstić information content (AvgIpc) is 3.31. The molecular weight excluding hydrogens is 477 g/mol. The zero-order valence-electron chi connectivity index (χ0n) is 15.9. The second kappa shape index (κ2) is 11.2. The van der Waals surface area contributed by atoms with Gasteiger partial charge in [0.25, 0.3) is 0 Å². The lowest BCUT2D eigenvalue weighted by Gasteiger charge is -2.21. The fraction of sp³-hybridized carbons (Fsp3) is 0.474. The van der Waals surface area contributed by atoms with Gasteiger partial charge in [-0.25, -0.2) is 8.78 Å². The maximum absolute atomic E-state index is 14.0. The van der Waals surface area contributed by atoms with E-state index >= 15 is 0 Å². The van der Waals surface area contributed by atoms with Gasteiger partial charge in [-0.3, -0.25) is 9.67 Å². The summed E-state index contributed by atoms with van der Waals surface area (Å²) in [5.41, 5.74) is 0.0583. The third-order valence-corrected chi connectivity index (χ3v) is 4.50. The standard InChI is InChI=1S/C19H26F2N6.HI/c1-2-22-19(23-9-4-11-27-12-5-10-24-27)25-15-8-13-26(14-15)18-16(20)6-3-7-17(18)21;/h3,5-7,10,12,15H,2,4,8-9,11,13-14H2,1H3,(H2,22,23,25);1H. The van der Waals surface area contributed by atoms with E-state index in [2.05, 4.69) is 20.7 Å². The number of nitrogens with zero attached hydrogens (tertiary/aromatic N) is 4. The molecule has 28 heavy (non-hydrogen) atoms. The number of halogens is 3. The number of nitrogens with one attached hydrogen (secondary N) is 2. The largest absolute Gasteiger partial charge is 0.365 e. The molecule has 0 saturated carbocycles. The molecule has 2 heterocycles. The summed E-state index contributed by atoms with van der Waals surface area (Å²) in [6.45, 7) is 5.40. The van der Waals surface area contributed by atoms with Crippen LogP contribution in [0.3, 0.4) is 0 Å². The first-order valence-electron chi connectivity index (χ1n) is 9.38. The van der Waals surface area contributed by atoms with Crippen molar-refractivity contribution in [2.75, 3.05) is 31.1 Å². The van der Waals surface area contributed by atoms with E-state index < -0.39 is 11.6 Å². The predicted octanol–water partition coefficient (Wildman–Crippen LogP) is 3.00. The van der Waals surface area contributed by atoms with E-state index in [4.69, 9.17) is 0 Å². The molecule has 2 aromatic rings. The Hall–Kier alpha value is -1.91. The number of rotatable bonds is 7. The van der Waals surface area contributed by atoms with Crippen LogP contribution < -0.4 is 15.5 Å². The van der Waals surface area contributed by atoms with Gasteiger partial charge in [0.05, 0.1) is 0 Å². The third-order valence-electron chi connectivity index (χ3n) is 4.50. The van der Waals surface area contributed by atoms with Crippen LogP contribution in [0.2, 0.25) is 0 Å². The van der Waals surface area contributed by atoms with E-state index in [1.165, 1.54) is 18.2 Å². The van der Waals surface area contributed by atoms with Crippen molar-refractivity contribution >= 4 is 35.6 Å². The monoisotopic (exact) mass is 504 g/mol. The van der Waals surface area contributed by atoms with Gasteiger partial charge in [-0.1, -0.05) is 6.07 Å². The fourth-order valence-corrected chi connectivity index (χ4v) is 3.24. The zero-order chi connectivity index (χ0) is 19.1. The van der Waals surface area contributed by atoms with Crippen LogP contribution in [0.5, 0.6) is 0 Å². The predicted molar refractivity (Wildman–Crippen MR) is 118 cm³/mol. The highest BCUT2D eigenvalue weighted by Gasteiger charge is 2.27. The molecule has 1 aliphatic rings. The Morgan fingerprint density at radius 3 is 2.75 bits per heavy atom. The number of benzene rings is 1. The topological polar surface area (TPSA) is 57.5 Å². The molecule has 3 rings (SSSR count). The summed E-state index contributed by atoms with van der Waals surface area (Å²) < 4.78 is 29.9. The van der Waals surface area contributed by atoms with Gasteiger partial charge in [0.1, 0.15) is 17.3 Å². The molecule has 0 spiro atoms. The van der Waals surface area contributed by atoms with Crippen molar-refractivity contribution in [2.45, 2.75) is 32.4 Å². The number of hydrogen-bond donors (Lipinski definition) is 2. The Morgan fingerprint density at radius 1 is 1.29 bits per heavy atom. The average molecular weight is 504 g/mol. The first-order valence-corrected chi connectivity index (χ1v) is 9.38. The van der Waals surface area contributed by atoms with Gasteiger partial charge in [-0.2, -0.15) is 5.10 Å². The van der Waals surface area contributed by atoms with E-state index in [0.717, 1.165) is 31.9 Å². The fourth-order valence-electron chi connectivity index (χ4n) is 3.24. The Morgan fingerprint density at radius 2 is 2.07 bits per heavy atom. The summed E-state index contributed by atoms with van der Waals surface area (Å²) in [6.07, 6.45) is 5.38. The molecule has 1 aliphatic heterocycles. The number of guanidine groups is 1. The lowest BCUT2D eigenvalue weighted by molar-refractivity contribution is 0.575. The van der Waals surface area contributed by atoms with Gasteiger partial charge < -0.3 is 15.5 Å². The number of aromatic nitrogens is 2. The van der Waals surface area contributed by atoms with Crippen LogP contribution in [-0.4, -0.2) is 48.0 Å². The van der Waals surface area contributed by atoms with E-state index in [1.807, 2.05) is 23.9 Å². The highest BCUT2D eigenvalue weighted by molar-refractivity contribution is 14.0.